The Balaban J connectivity index is 2.31. The number of carbonyl (C=O) groups is 2. The van der Waals surface area contributed by atoms with Crippen LogP contribution < -0.4 is 5.32 Å². The Morgan fingerprint density at radius 3 is 2.72 bits per heavy atom. The lowest BCUT2D eigenvalue weighted by molar-refractivity contribution is -0.112. The third-order valence-corrected chi connectivity index (χ3v) is 4.89. The van der Waals surface area contributed by atoms with E-state index in [-0.39, 0.29) is 12.2 Å². The lowest BCUT2D eigenvalue weighted by Gasteiger charge is -2.06. The van der Waals surface area contributed by atoms with Crippen LogP contribution in [0.3, 0.4) is 0 Å². The number of hydrogen-bond acceptors (Lipinski definition) is 6. The van der Waals surface area contributed by atoms with Crippen LogP contribution in [0.25, 0.3) is 6.08 Å². The van der Waals surface area contributed by atoms with Crippen LogP contribution in [0.4, 0.5) is 5.00 Å². The van der Waals surface area contributed by atoms with Crippen molar-refractivity contribution in [3.8, 4) is 6.07 Å². The smallest absolute Gasteiger partial charge is 0.341 e. The van der Waals surface area contributed by atoms with E-state index in [1.165, 1.54) is 17.4 Å². The predicted octanol–water partition coefficient (Wildman–Crippen LogP) is 4.44. The second-order valence-electron chi connectivity index (χ2n) is 4.97. The highest BCUT2D eigenvalue weighted by Crippen LogP contribution is 2.33. The maximum Gasteiger partial charge on any atom is 0.341 e. The molecule has 0 aliphatic heterocycles. The van der Waals surface area contributed by atoms with Crippen LogP contribution in [0, 0.1) is 25.2 Å². The molecule has 0 fully saturated rings. The number of ether oxygens (including phenoxy) is 1. The van der Waals surface area contributed by atoms with Gasteiger partial charge in [0.25, 0.3) is 5.91 Å². The Bertz CT molecular complexity index is 889. The van der Waals surface area contributed by atoms with Gasteiger partial charge >= 0.3 is 5.97 Å². The van der Waals surface area contributed by atoms with Crippen molar-refractivity contribution < 1.29 is 18.7 Å². The zero-order valence-corrected chi connectivity index (χ0v) is 16.2. The molecule has 1 amide bonds. The Kier molecular flexibility index (Phi) is 6.17. The first kappa shape index (κ1) is 19.0. The Morgan fingerprint density at radius 1 is 1.44 bits per heavy atom. The van der Waals surface area contributed by atoms with Crippen LogP contribution in [-0.2, 0) is 9.53 Å². The first-order chi connectivity index (χ1) is 11.9. The topological polar surface area (TPSA) is 92.3 Å². The van der Waals surface area contributed by atoms with Gasteiger partial charge in [0, 0.05) is 11.0 Å². The van der Waals surface area contributed by atoms with Gasteiger partial charge in [-0.3, -0.25) is 4.79 Å². The highest BCUT2D eigenvalue weighted by Gasteiger charge is 2.23. The quantitative estimate of drug-likeness (QED) is 0.436. The average Bonchev–Trinajstić information content (AvgIpc) is 3.08. The molecule has 0 atom stereocenters. The zero-order chi connectivity index (χ0) is 18.6. The molecule has 0 radical (unpaired) electrons. The zero-order valence-electron chi connectivity index (χ0n) is 13.8. The molecule has 2 aromatic rings. The van der Waals surface area contributed by atoms with E-state index in [1.54, 1.807) is 26.0 Å². The summed E-state index contributed by atoms with van der Waals surface area (Å²) in [5.41, 5.74) is 0.923. The van der Waals surface area contributed by atoms with Crippen LogP contribution in [0.2, 0.25) is 0 Å². The third kappa shape index (κ3) is 4.38. The molecule has 2 rings (SSSR count). The number of esters is 1. The van der Waals surface area contributed by atoms with Crippen molar-refractivity contribution in [3.05, 3.63) is 44.1 Å². The van der Waals surface area contributed by atoms with Gasteiger partial charge < -0.3 is 14.5 Å². The Labute approximate surface area is 157 Å². The predicted molar refractivity (Wildman–Crippen MR) is 98.4 cm³/mol. The molecule has 2 aromatic heterocycles. The fraction of sp³-hybridized carbons (Fsp3) is 0.235. The molecule has 0 spiro atoms. The van der Waals surface area contributed by atoms with Gasteiger partial charge in [-0.25, -0.2) is 4.79 Å². The molecule has 2 heterocycles. The van der Waals surface area contributed by atoms with Crippen LogP contribution in [0.15, 0.2) is 26.8 Å². The minimum absolute atomic E-state index is 0.139. The molecule has 0 saturated heterocycles. The van der Waals surface area contributed by atoms with Gasteiger partial charge in [-0.1, -0.05) is 0 Å². The molecule has 0 aliphatic rings. The summed E-state index contributed by atoms with van der Waals surface area (Å²) in [7, 11) is 0. The van der Waals surface area contributed by atoms with E-state index >= 15 is 0 Å². The summed E-state index contributed by atoms with van der Waals surface area (Å²) < 4.78 is 10.8. The molecular weight excluding hydrogens is 408 g/mol. The molecule has 0 saturated carbocycles. The van der Waals surface area contributed by atoms with Gasteiger partial charge in [-0.2, -0.15) is 5.26 Å². The molecule has 0 aliphatic carbocycles. The number of thiophene rings is 1. The van der Waals surface area contributed by atoms with Crippen LogP contribution in [0.1, 0.15) is 33.5 Å². The number of furan rings is 1. The largest absolute Gasteiger partial charge is 0.462 e. The maximum absolute atomic E-state index is 12.4. The Hall–Kier alpha value is -2.37. The number of anilines is 1. The number of aryl methyl sites for hydroxylation is 1. The molecular formula is C17H15BrN2O4S. The first-order valence-electron chi connectivity index (χ1n) is 7.33. The van der Waals surface area contributed by atoms with Gasteiger partial charge in [-0.15, -0.1) is 11.3 Å². The van der Waals surface area contributed by atoms with Gasteiger partial charge in [0.15, 0.2) is 4.67 Å². The summed E-state index contributed by atoms with van der Waals surface area (Å²) in [6, 6.07) is 5.12. The van der Waals surface area contributed by atoms with Gasteiger partial charge in [0.2, 0.25) is 0 Å². The SMILES string of the molecule is CCOC(=O)c1c(NC(=O)C(C#N)=Cc2ccc(Br)o2)sc(C)c1C. The van der Waals surface area contributed by atoms with E-state index in [2.05, 4.69) is 21.2 Å². The highest BCUT2D eigenvalue weighted by atomic mass is 79.9. The summed E-state index contributed by atoms with van der Waals surface area (Å²) in [6.07, 6.45) is 1.33. The van der Waals surface area contributed by atoms with Crippen LogP contribution in [-0.4, -0.2) is 18.5 Å². The van der Waals surface area contributed by atoms with Crippen molar-refractivity contribution in [1.82, 2.24) is 0 Å². The number of halogens is 1. The summed E-state index contributed by atoms with van der Waals surface area (Å²) in [6.45, 7) is 5.58. The van der Waals surface area contributed by atoms with Crippen LogP contribution in [0.5, 0.6) is 0 Å². The van der Waals surface area contributed by atoms with E-state index in [4.69, 9.17) is 9.15 Å². The summed E-state index contributed by atoms with van der Waals surface area (Å²) >= 11 is 4.42. The van der Waals surface area contributed by atoms with Gasteiger partial charge in [0.05, 0.1) is 12.2 Å². The van der Waals surface area contributed by atoms with E-state index in [9.17, 15) is 14.9 Å². The Morgan fingerprint density at radius 2 is 2.16 bits per heavy atom. The van der Waals surface area contributed by atoms with E-state index in [0.29, 0.717) is 21.0 Å². The van der Waals surface area contributed by atoms with Crippen molar-refractivity contribution >= 4 is 50.2 Å². The number of amides is 1. The molecule has 25 heavy (non-hydrogen) atoms. The fourth-order valence-corrected chi connectivity index (χ4v) is 3.39. The second kappa shape index (κ2) is 8.14. The fourth-order valence-electron chi connectivity index (χ4n) is 2.03. The number of carbonyl (C=O) groups excluding carboxylic acids is 2. The monoisotopic (exact) mass is 422 g/mol. The van der Waals surface area contributed by atoms with Crippen molar-refractivity contribution in [2.24, 2.45) is 0 Å². The second-order valence-corrected chi connectivity index (χ2v) is 6.98. The number of nitriles is 1. The molecule has 8 heteroatoms. The minimum Gasteiger partial charge on any atom is -0.462 e. The molecule has 0 unspecified atom stereocenters. The summed E-state index contributed by atoms with van der Waals surface area (Å²) in [5.74, 6) is -0.762. The number of rotatable bonds is 5. The highest BCUT2D eigenvalue weighted by molar-refractivity contribution is 9.10. The molecule has 130 valence electrons. The van der Waals surface area contributed by atoms with Crippen molar-refractivity contribution in [1.29, 1.82) is 5.26 Å². The molecule has 1 N–H and O–H groups in total. The van der Waals surface area contributed by atoms with E-state index in [0.717, 1.165) is 10.4 Å². The maximum atomic E-state index is 12.4. The van der Waals surface area contributed by atoms with Crippen LogP contribution >= 0.6 is 27.3 Å². The number of nitrogens with one attached hydrogen (secondary N) is 1. The van der Waals surface area contributed by atoms with Crippen molar-refractivity contribution in [3.63, 3.8) is 0 Å². The first-order valence-corrected chi connectivity index (χ1v) is 8.93. The van der Waals surface area contributed by atoms with E-state index in [1.807, 2.05) is 13.0 Å². The normalized spacial score (nSPS) is 11.1. The standard InChI is InChI=1S/C17H15BrN2O4S/c1-4-23-17(22)14-9(2)10(3)25-16(14)20-15(21)11(8-19)7-12-5-6-13(18)24-12/h5-7H,4H2,1-3H3,(H,20,21). The number of nitrogens with zero attached hydrogens (tertiary/aromatic N) is 1. The minimum atomic E-state index is -0.623. The third-order valence-electron chi connectivity index (χ3n) is 3.34. The van der Waals surface area contributed by atoms with Gasteiger partial charge in [-0.05, 0) is 54.4 Å². The summed E-state index contributed by atoms with van der Waals surface area (Å²) in [4.78, 5) is 25.4. The summed E-state index contributed by atoms with van der Waals surface area (Å²) in [5, 5.41) is 12.2. The van der Waals surface area contributed by atoms with Crippen molar-refractivity contribution in [2.75, 3.05) is 11.9 Å². The molecule has 0 bridgehead atoms. The lowest BCUT2D eigenvalue weighted by atomic mass is 10.1. The van der Waals surface area contributed by atoms with E-state index < -0.39 is 11.9 Å². The molecule has 6 nitrogen and oxygen atoms in total. The molecule has 0 aromatic carbocycles. The lowest BCUT2D eigenvalue weighted by Crippen LogP contribution is -2.16. The van der Waals surface area contributed by atoms with Crippen molar-refractivity contribution in [2.45, 2.75) is 20.8 Å². The number of hydrogen-bond donors (Lipinski definition) is 1. The average molecular weight is 423 g/mol. The van der Waals surface area contributed by atoms with Gasteiger partial charge in [0.1, 0.15) is 22.4 Å².